The fourth-order valence-corrected chi connectivity index (χ4v) is 4.15. The highest BCUT2D eigenvalue weighted by Crippen LogP contribution is 2.34. The summed E-state index contributed by atoms with van der Waals surface area (Å²) in [5, 5.41) is 0. The summed E-state index contributed by atoms with van der Waals surface area (Å²) in [4.78, 5) is 42.2. The molecule has 0 N–H and O–H groups in total. The van der Waals surface area contributed by atoms with Gasteiger partial charge >= 0.3 is 0 Å². The van der Waals surface area contributed by atoms with Crippen LogP contribution >= 0.6 is 15.9 Å². The third-order valence-corrected chi connectivity index (χ3v) is 5.90. The molecule has 0 aromatic heterocycles. The molecule has 168 valence electrons. The number of benzene rings is 2. The zero-order valence-electron chi connectivity index (χ0n) is 18.3. The van der Waals surface area contributed by atoms with Crippen LogP contribution in [0.25, 0.3) is 0 Å². The van der Waals surface area contributed by atoms with E-state index in [1.165, 1.54) is 9.80 Å². The molecular formula is C24H25BrN2O5. The van der Waals surface area contributed by atoms with Crippen LogP contribution in [0.2, 0.25) is 0 Å². The molecule has 0 radical (unpaired) electrons. The average Bonchev–Trinajstić information content (AvgIpc) is 3.29. The third kappa shape index (κ3) is 4.65. The minimum atomic E-state index is -0.855. The van der Waals surface area contributed by atoms with E-state index in [1.807, 2.05) is 32.9 Å². The van der Waals surface area contributed by atoms with Gasteiger partial charge in [0, 0.05) is 17.4 Å². The van der Waals surface area contributed by atoms with E-state index >= 15 is 0 Å². The van der Waals surface area contributed by atoms with Crippen LogP contribution in [0.3, 0.4) is 0 Å². The van der Waals surface area contributed by atoms with E-state index in [0.29, 0.717) is 17.2 Å². The maximum Gasteiger partial charge on any atom is 0.257 e. The number of carbonyl (C=O) groups is 3. The summed E-state index contributed by atoms with van der Waals surface area (Å²) in [7, 11) is 0. The van der Waals surface area contributed by atoms with Gasteiger partial charge in [-0.2, -0.15) is 0 Å². The predicted octanol–water partition coefficient (Wildman–Crippen LogP) is 4.27. The Kier molecular flexibility index (Phi) is 5.99. The Morgan fingerprint density at radius 3 is 2.47 bits per heavy atom. The highest BCUT2D eigenvalue weighted by molar-refractivity contribution is 9.10. The molecule has 3 amide bonds. The molecular weight excluding hydrogens is 476 g/mol. The van der Waals surface area contributed by atoms with Gasteiger partial charge < -0.3 is 14.4 Å². The van der Waals surface area contributed by atoms with Gasteiger partial charge in [-0.25, -0.2) is 4.90 Å². The van der Waals surface area contributed by atoms with Crippen molar-refractivity contribution in [3.63, 3.8) is 0 Å². The van der Waals surface area contributed by atoms with Crippen molar-refractivity contribution in [3.8, 4) is 11.5 Å². The normalized spacial score (nSPS) is 17.8. The zero-order chi connectivity index (χ0) is 23.0. The summed E-state index contributed by atoms with van der Waals surface area (Å²) in [5.41, 5.74) is 1.04. The summed E-state index contributed by atoms with van der Waals surface area (Å²) in [6.07, 6.45) is 0.211. The number of halogens is 1. The largest absolute Gasteiger partial charge is 0.454 e. The van der Waals surface area contributed by atoms with Crippen molar-refractivity contribution in [3.05, 3.63) is 52.5 Å². The standard InChI is InChI=1S/C24H25BrN2O5/c1-24(2,3)12-22(29)26(13-15-4-9-19-20(10-15)32-14-31-19)18-11-21(28)27(23(18)30)17-7-5-16(25)6-8-17/h4-10,18H,11-14H2,1-3H3. The molecule has 7 nitrogen and oxygen atoms in total. The number of amides is 3. The van der Waals surface area contributed by atoms with Crippen LogP contribution < -0.4 is 14.4 Å². The molecule has 1 atom stereocenters. The van der Waals surface area contributed by atoms with Gasteiger partial charge in [-0.15, -0.1) is 0 Å². The van der Waals surface area contributed by atoms with Crippen molar-refractivity contribution in [2.75, 3.05) is 11.7 Å². The highest BCUT2D eigenvalue weighted by Gasteiger charge is 2.44. The quantitative estimate of drug-likeness (QED) is 0.572. The first-order valence-electron chi connectivity index (χ1n) is 10.4. The monoisotopic (exact) mass is 500 g/mol. The Morgan fingerprint density at radius 1 is 1.09 bits per heavy atom. The first-order valence-corrected chi connectivity index (χ1v) is 11.2. The Labute approximate surface area is 195 Å². The van der Waals surface area contributed by atoms with E-state index < -0.39 is 6.04 Å². The molecule has 4 rings (SSSR count). The number of hydrogen-bond donors (Lipinski definition) is 0. The summed E-state index contributed by atoms with van der Waals surface area (Å²) < 4.78 is 11.7. The van der Waals surface area contributed by atoms with Crippen LogP contribution in [-0.2, 0) is 20.9 Å². The fraction of sp³-hybridized carbons (Fsp3) is 0.375. The summed E-state index contributed by atoms with van der Waals surface area (Å²) in [5.74, 6) is 0.381. The molecule has 1 saturated heterocycles. The van der Waals surface area contributed by atoms with Crippen molar-refractivity contribution < 1.29 is 23.9 Å². The second kappa shape index (κ2) is 8.58. The minimum absolute atomic E-state index is 0.0463. The lowest BCUT2D eigenvalue weighted by Gasteiger charge is -2.30. The van der Waals surface area contributed by atoms with Crippen LogP contribution in [-0.4, -0.2) is 35.5 Å². The maximum absolute atomic E-state index is 13.3. The van der Waals surface area contributed by atoms with E-state index in [4.69, 9.17) is 9.47 Å². The van der Waals surface area contributed by atoms with Gasteiger partial charge in [0.25, 0.3) is 5.91 Å². The van der Waals surface area contributed by atoms with E-state index in [0.717, 1.165) is 10.0 Å². The first kappa shape index (κ1) is 22.3. The highest BCUT2D eigenvalue weighted by atomic mass is 79.9. The first-order chi connectivity index (χ1) is 15.1. The van der Waals surface area contributed by atoms with Gasteiger partial charge in [0.1, 0.15) is 6.04 Å². The van der Waals surface area contributed by atoms with Gasteiger partial charge in [-0.1, -0.05) is 42.8 Å². The summed E-state index contributed by atoms with van der Waals surface area (Å²) in [6, 6.07) is 11.6. The molecule has 0 saturated carbocycles. The van der Waals surface area contributed by atoms with Gasteiger partial charge in [0.05, 0.1) is 12.1 Å². The van der Waals surface area contributed by atoms with E-state index in [2.05, 4.69) is 15.9 Å². The molecule has 0 aliphatic carbocycles. The van der Waals surface area contributed by atoms with E-state index in [1.54, 1.807) is 30.3 Å². The van der Waals surface area contributed by atoms with Crippen LogP contribution in [0.5, 0.6) is 11.5 Å². The number of carbonyl (C=O) groups excluding carboxylic acids is 3. The molecule has 1 fully saturated rings. The molecule has 2 aromatic carbocycles. The van der Waals surface area contributed by atoms with Crippen molar-refractivity contribution in [2.45, 2.75) is 46.2 Å². The van der Waals surface area contributed by atoms with Gasteiger partial charge in [-0.05, 0) is 47.4 Å². The van der Waals surface area contributed by atoms with Crippen molar-refractivity contribution >= 4 is 39.3 Å². The zero-order valence-corrected chi connectivity index (χ0v) is 19.8. The third-order valence-electron chi connectivity index (χ3n) is 5.38. The lowest BCUT2D eigenvalue weighted by Crippen LogP contribution is -2.46. The van der Waals surface area contributed by atoms with Crippen molar-refractivity contribution in [1.82, 2.24) is 4.90 Å². The van der Waals surface area contributed by atoms with Crippen LogP contribution in [0.15, 0.2) is 46.9 Å². The second-order valence-corrected chi connectivity index (χ2v) is 10.1. The number of imide groups is 1. The van der Waals surface area contributed by atoms with Crippen LogP contribution in [0, 0.1) is 5.41 Å². The lowest BCUT2D eigenvalue weighted by atomic mass is 9.91. The number of anilines is 1. The van der Waals surface area contributed by atoms with E-state index in [-0.39, 0.29) is 49.3 Å². The fourth-order valence-electron chi connectivity index (χ4n) is 3.88. The SMILES string of the molecule is CC(C)(C)CC(=O)N(Cc1ccc2c(c1)OCO2)C1CC(=O)N(c2ccc(Br)cc2)C1=O. The Balaban J connectivity index is 1.63. The Morgan fingerprint density at radius 2 is 1.78 bits per heavy atom. The Hall–Kier alpha value is -2.87. The maximum atomic E-state index is 13.3. The molecule has 1 unspecified atom stereocenters. The lowest BCUT2D eigenvalue weighted by molar-refractivity contribution is -0.140. The average molecular weight is 501 g/mol. The molecule has 2 heterocycles. The number of ether oxygens (including phenoxy) is 2. The van der Waals surface area contributed by atoms with Crippen molar-refractivity contribution in [2.24, 2.45) is 5.41 Å². The molecule has 32 heavy (non-hydrogen) atoms. The molecule has 0 bridgehead atoms. The second-order valence-electron chi connectivity index (χ2n) is 9.21. The summed E-state index contributed by atoms with van der Waals surface area (Å²) in [6.45, 7) is 6.27. The number of rotatable bonds is 5. The molecule has 2 aliphatic rings. The van der Waals surface area contributed by atoms with Gasteiger partial charge in [0.15, 0.2) is 11.5 Å². The van der Waals surface area contributed by atoms with Gasteiger partial charge in [0.2, 0.25) is 18.6 Å². The predicted molar refractivity (Wildman–Crippen MR) is 122 cm³/mol. The Bertz CT molecular complexity index is 1060. The molecule has 2 aromatic rings. The van der Waals surface area contributed by atoms with Crippen LogP contribution in [0.1, 0.15) is 39.2 Å². The number of hydrogen-bond acceptors (Lipinski definition) is 5. The van der Waals surface area contributed by atoms with Crippen molar-refractivity contribution in [1.29, 1.82) is 0 Å². The number of nitrogens with zero attached hydrogens (tertiary/aromatic N) is 2. The van der Waals surface area contributed by atoms with Crippen LogP contribution in [0.4, 0.5) is 5.69 Å². The molecule has 2 aliphatic heterocycles. The molecule has 8 heteroatoms. The minimum Gasteiger partial charge on any atom is -0.454 e. The smallest absolute Gasteiger partial charge is 0.257 e. The summed E-state index contributed by atoms with van der Waals surface area (Å²) >= 11 is 3.36. The number of fused-ring (bicyclic) bond motifs is 1. The topological polar surface area (TPSA) is 76.2 Å². The molecule has 0 spiro atoms. The van der Waals surface area contributed by atoms with Gasteiger partial charge in [-0.3, -0.25) is 14.4 Å². The van der Waals surface area contributed by atoms with E-state index in [9.17, 15) is 14.4 Å².